The summed E-state index contributed by atoms with van der Waals surface area (Å²) >= 11 is 0. The van der Waals surface area contributed by atoms with Crippen LogP contribution in [0.15, 0.2) is 207 Å². The molecule has 0 aliphatic heterocycles. The van der Waals surface area contributed by atoms with Crippen molar-refractivity contribution in [2.24, 2.45) is 0 Å². The first-order valence-electron chi connectivity index (χ1n) is 22.6. The molecule has 68 heavy (non-hydrogen) atoms. The summed E-state index contributed by atoms with van der Waals surface area (Å²) in [5.74, 6) is 3.52. The lowest BCUT2D eigenvalue weighted by molar-refractivity contribution is 1.08. The number of benzene rings is 10. The third-order valence-corrected chi connectivity index (χ3v) is 13.2. The summed E-state index contributed by atoms with van der Waals surface area (Å²) < 4.78 is 0. The van der Waals surface area contributed by atoms with E-state index in [4.69, 9.17) is 29.9 Å². The topological polar surface area (TPSA) is 103 Å². The van der Waals surface area contributed by atoms with Crippen molar-refractivity contribution in [3.63, 3.8) is 0 Å². The number of hydrogen-bond donors (Lipinski definition) is 0. The van der Waals surface area contributed by atoms with Crippen molar-refractivity contribution >= 4 is 75.7 Å². The molecule has 14 aromatic rings. The van der Waals surface area contributed by atoms with E-state index >= 15 is 0 Å². The van der Waals surface area contributed by atoms with Crippen LogP contribution in [0.4, 0.5) is 0 Å². The van der Waals surface area contributed by atoms with Crippen LogP contribution in [-0.4, -0.2) is 39.9 Å². The molecule has 10 aromatic carbocycles. The predicted octanol–water partition coefficient (Wildman–Crippen LogP) is 14.4. The van der Waals surface area contributed by atoms with Crippen molar-refractivity contribution in [2.75, 3.05) is 0 Å². The van der Waals surface area contributed by atoms with Crippen molar-refractivity contribution < 1.29 is 0 Å². The molecule has 0 atom stereocenters. The van der Waals surface area contributed by atoms with Gasteiger partial charge < -0.3 is 0 Å². The lowest BCUT2D eigenvalue weighted by Gasteiger charge is -2.16. The highest BCUT2D eigenvalue weighted by Crippen LogP contribution is 2.42. The van der Waals surface area contributed by atoms with Crippen LogP contribution in [-0.2, 0) is 0 Å². The van der Waals surface area contributed by atoms with Crippen LogP contribution in [0.5, 0.6) is 0 Å². The minimum atomic E-state index is 0.578. The van der Waals surface area contributed by atoms with Gasteiger partial charge in [0.05, 0.1) is 11.0 Å². The van der Waals surface area contributed by atoms with E-state index in [0.717, 1.165) is 109 Å². The van der Waals surface area contributed by atoms with E-state index in [1.807, 2.05) is 24.5 Å². The maximum Gasteiger partial charge on any atom is 0.164 e. The summed E-state index contributed by atoms with van der Waals surface area (Å²) in [5, 5.41) is 13.2. The number of aromatic nitrogens is 8. The number of pyridine rings is 2. The molecule has 0 fully saturated rings. The highest BCUT2D eigenvalue weighted by atomic mass is 15.0. The second-order valence-corrected chi connectivity index (χ2v) is 17.2. The van der Waals surface area contributed by atoms with Crippen molar-refractivity contribution in [1.29, 1.82) is 0 Å². The molecule has 8 heteroatoms. The minimum Gasteiger partial charge on any atom is -0.256 e. The summed E-state index contributed by atoms with van der Waals surface area (Å²) in [5.41, 5.74) is 7.13. The zero-order valence-corrected chi connectivity index (χ0v) is 36.2. The average Bonchev–Trinajstić information content (AvgIpc) is 3.41. The van der Waals surface area contributed by atoms with Gasteiger partial charge in [-0.2, -0.15) is 0 Å². The van der Waals surface area contributed by atoms with Crippen molar-refractivity contribution in [3.05, 3.63) is 207 Å². The Bertz CT molecular complexity index is 3880. The second-order valence-electron chi connectivity index (χ2n) is 17.2. The summed E-state index contributed by atoms with van der Waals surface area (Å²) in [6, 6.07) is 67.3. The van der Waals surface area contributed by atoms with Crippen LogP contribution >= 0.6 is 0 Å². The summed E-state index contributed by atoms with van der Waals surface area (Å²) in [6.07, 6.45) is 3.63. The third-order valence-electron chi connectivity index (χ3n) is 13.2. The van der Waals surface area contributed by atoms with Gasteiger partial charge in [0, 0.05) is 56.5 Å². The molecule has 8 nitrogen and oxygen atoms in total. The molecular formula is C60H34N8. The quantitative estimate of drug-likeness (QED) is 0.152. The van der Waals surface area contributed by atoms with Gasteiger partial charge in [0.15, 0.2) is 34.9 Å². The van der Waals surface area contributed by atoms with Crippen LogP contribution in [0, 0.1) is 0 Å². The molecular weight excluding hydrogens is 833 g/mol. The molecule has 4 aromatic heterocycles. The second kappa shape index (κ2) is 15.1. The van der Waals surface area contributed by atoms with Crippen molar-refractivity contribution in [1.82, 2.24) is 39.9 Å². The van der Waals surface area contributed by atoms with Crippen LogP contribution in [0.3, 0.4) is 0 Å². The molecule has 0 aliphatic rings. The monoisotopic (exact) mass is 866 g/mol. The maximum atomic E-state index is 5.26. The summed E-state index contributed by atoms with van der Waals surface area (Å²) in [6.45, 7) is 0. The number of hydrogen-bond acceptors (Lipinski definition) is 8. The van der Waals surface area contributed by atoms with Gasteiger partial charge in [-0.1, -0.05) is 146 Å². The Hall–Kier alpha value is -9.40. The fourth-order valence-electron chi connectivity index (χ4n) is 9.77. The molecule has 0 aliphatic carbocycles. The molecule has 0 amide bonds. The lowest BCUT2D eigenvalue weighted by Crippen LogP contribution is -2.02. The Morgan fingerprint density at radius 3 is 1.01 bits per heavy atom. The zero-order chi connectivity index (χ0) is 44.7. The molecule has 0 N–H and O–H groups in total. The first-order chi connectivity index (χ1) is 33.6. The number of rotatable bonds is 6. The highest BCUT2D eigenvalue weighted by molar-refractivity contribution is 6.27. The molecule has 0 spiro atoms. The van der Waals surface area contributed by atoms with Crippen LogP contribution in [0.2, 0.25) is 0 Å². The first-order valence-corrected chi connectivity index (χ1v) is 22.6. The van der Waals surface area contributed by atoms with E-state index in [1.165, 1.54) is 0 Å². The van der Waals surface area contributed by atoms with Gasteiger partial charge in [-0.05, 0) is 102 Å². The fraction of sp³-hybridized carbons (Fsp3) is 0. The SMILES string of the molecule is c1ccc2cc(-c3nc(-c4ccc5cccnc5c4)nc(-c4ccc5ccc6c(-c7nc(-c8ccc9ccccc9c8)nc(-c8ccc9cccnc9c8)n7)ccc7ccc4c5c76)n3)ccc2c1. The number of fused-ring (bicyclic) bond motifs is 4. The van der Waals surface area contributed by atoms with E-state index in [-0.39, 0.29) is 0 Å². The molecule has 314 valence electrons. The minimum absolute atomic E-state index is 0.578. The normalized spacial score (nSPS) is 11.8. The van der Waals surface area contributed by atoms with Gasteiger partial charge in [0.1, 0.15) is 0 Å². The van der Waals surface area contributed by atoms with Crippen LogP contribution in [0.25, 0.3) is 144 Å². The third kappa shape index (κ3) is 6.30. The van der Waals surface area contributed by atoms with E-state index in [9.17, 15) is 0 Å². The zero-order valence-electron chi connectivity index (χ0n) is 36.2. The number of nitrogens with zero attached hydrogens (tertiary/aromatic N) is 8. The van der Waals surface area contributed by atoms with Crippen LogP contribution < -0.4 is 0 Å². The van der Waals surface area contributed by atoms with Gasteiger partial charge in [0.25, 0.3) is 0 Å². The standard InChI is InChI=1S/C60H34N8/c1-3-9-41-31-43(17-13-35(41)7-1)55-63-57(45-19-15-37-11-5-29-61-51(37)33-45)67-59(65-55)49-27-23-39-22-26-48-50(28-24-40-21-25-47(49)53(39)54(40)48)60-66-56(44-18-14-36-8-2-4-10-42(36)32-44)64-58(68-60)46-20-16-38-12-6-30-62-52(38)34-46/h1-34H. The fourth-order valence-corrected chi connectivity index (χ4v) is 9.77. The van der Waals surface area contributed by atoms with Crippen molar-refractivity contribution in [2.45, 2.75) is 0 Å². The molecule has 0 saturated carbocycles. The first kappa shape index (κ1) is 37.9. The molecule has 0 unspecified atom stereocenters. The Morgan fingerprint density at radius 2 is 0.574 bits per heavy atom. The average molecular weight is 867 g/mol. The Labute approximate surface area is 388 Å². The Morgan fingerprint density at radius 1 is 0.235 bits per heavy atom. The van der Waals surface area contributed by atoms with E-state index < -0.39 is 0 Å². The van der Waals surface area contributed by atoms with Crippen molar-refractivity contribution in [3.8, 4) is 68.3 Å². The van der Waals surface area contributed by atoms with Gasteiger partial charge in [0.2, 0.25) is 0 Å². The largest absolute Gasteiger partial charge is 0.256 e. The van der Waals surface area contributed by atoms with E-state index in [2.05, 4.69) is 192 Å². The molecule has 0 bridgehead atoms. The molecule has 4 heterocycles. The van der Waals surface area contributed by atoms with Gasteiger partial charge >= 0.3 is 0 Å². The van der Waals surface area contributed by atoms with Gasteiger partial charge in [-0.3, -0.25) is 9.97 Å². The van der Waals surface area contributed by atoms with Crippen LogP contribution in [0.1, 0.15) is 0 Å². The Balaban J connectivity index is 0.972. The molecule has 0 radical (unpaired) electrons. The van der Waals surface area contributed by atoms with E-state index in [1.54, 1.807) is 0 Å². The maximum absolute atomic E-state index is 5.26. The van der Waals surface area contributed by atoms with Gasteiger partial charge in [-0.25, -0.2) is 29.9 Å². The predicted molar refractivity (Wildman–Crippen MR) is 275 cm³/mol. The highest BCUT2D eigenvalue weighted by Gasteiger charge is 2.21. The Kier molecular flexibility index (Phi) is 8.41. The lowest BCUT2D eigenvalue weighted by atomic mass is 9.89. The summed E-state index contributed by atoms with van der Waals surface area (Å²) in [7, 11) is 0. The summed E-state index contributed by atoms with van der Waals surface area (Å²) in [4.78, 5) is 40.6. The molecule has 14 rings (SSSR count). The smallest absolute Gasteiger partial charge is 0.164 e. The van der Waals surface area contributed by atoms with E-state index in [0.29, 0.717) is 34.9 Å². The van der Waals surface area contributed by atoms with Gasteiger partial charge in [-0.15, -0.1) is 0 Å². The molecule has 0 saturated heterocycles.